The van der Waals surface area contributed by atoms with Gasteiger partial charge in [-0.2, -0.15) is 0 Å². The maximum absolute atomic E-state index is 9.01. The number of hydrogen-bond acceptors (Lipinski definition) is 15. The van der Waals surface area contributed by atoms with Crippen LogP contribution in [-0.2, 0) is 45.7 Å². The largest absolute Gasteiger partial charge is 4.00 e. The molecule has 0 aliphatic heterocycles. The summed E-state index contributed by atoms with van der Waals surface area (Å²) in [6.07, 6.45) is 0. The van der Waals surface area contributed by atoms with Crippen LogP contribution >= 0.6 is 0 Å². The number of quaternary nitrogens is 1. The summed E-state index contributed by atoms with van der Waals surface area (Å²) < 4.78 is 0. The molecule has 0 bridgehead atoms. The van der Waals surface area contributed by atoms with E-state index < -0.39 is 62.9 Å². The fourth-order valence-corrected chi connectivity index (χ4v) is 0. The second kappa shape index (κ2) is 39.1. The summed E-state index contributed by atoms with van der Waals surface area (Å²) >= 11 is 0. The van der Waals surface area contributed by atoms with Crippen LogP contribution in [0, 0.1) is 0 Å². The van der Waals surface area contributed by atoms with Crippen LogP contribution in [0.15, 0.2) is 0 Å². The molecule has 0 radical (unpaired) electrons. The van der Waals surface area contributed by atoms with Crippen molar-refractivity contribution in [3.63, 3.8) is 0 Å². The van der Waals surface area contributed by atoms with Gasteiger partial charge >= 0.3 is 21.7 Å². The molecule has 27 heavy (non-hydrogen) atoms. The predicted molar refractivity (Wildman–Crippen MR) is 66.4 cm³/mol. The van der Waals surface area contributed by atoms with Crippen molar-refractivity contribution in [3.8, 4) is 0 Å². The Morgan fingerprint density at radius 3 is 0.481 bits per heavy atom. The molecule has 0 aromatic heterocycles. The monoisotopic (exact) mass is 441 g/mol. The number of carboxylic acid groups (broad SMARTS) is 5. The fraction of sp³-hybridized carbons (Fsp3) is 0.500. The van der Waals surface area contributed by atoms with Crippen LogP contribution in [0.1, 0.15) is 0 Å². The first-order chi connectivity index (χ1) is 11.4. The van der Waals surface area contributed by atoms with Crippen LogP contribution in [0.5, 0.6) is 0 Å². The Hall–Kier alpha value is -2.18. The summed E-state index contributed by atoms with van der Waals surface area (Å²) in [5, 5.41) is 82.4. The second-order valence-corrected chi connectivity index (χ2v) is 2.65. The maximum atomic E-state index is 9.01. The van der Waals surface area contributed by atoms with Crippen molar-refractivity contribution in [2.45, 2.75) is 0 Å². The molecule has 0 aliphatic carbocycles. The number of carbonyl (C=O) groups is 5. The van der Waals surface area contributed by atoms with Gasteiger partial charge in [0.05, 0.1) is 62.9 Å². The standard InChI is InChI=1S/5C2H4O3.H3N.Ti/c5*3-1-2(4)5;;/h5*3H,1H2,(H,4,5);1H3;/q;;;;;;+4/p-4. The summed E-state index contributed by atoms with van der Waals surface area (Å²) in [5.41, 5.74) is 0. The third-order valence-electron chi connectivity index (χ3n) is 0.645. The Bertz CT molecular complexity index is 294. The van der Waals surface area contributed by atoms with E-state index in [1.54, 1.807) is 0 Å². The first-order valence-electron chi connectivity index (χ1n) is 5.39. The third-order valence-corrected chi connectivity index (χ3v) is 0.645. The molecule has 0 saturated carbocycles. The van der Waals surface area contributed by atoms with Crippen LogP contribution in [-0.4, -0.2) is 88.4 Å². The van der Waals surface area contributed by atoms with E-state index in [0.29, 0.717) is 0 Å². The molecular formula is C10H19NO15Ti. The van der Waals surface area contributed by atoms with E-state index >= 15 is 0 Å². The van der Waals surface area contributed by atoms with E-state index in [4.69, 9.17) is 75.0 Å². The Kier molecular flexibility index (Phi) is 64.2. The zero-order valence-corrected chi connectivity index (χ0v) is 15.4. The molecule has 0 aromatic carbocycles. The van der Waals surface area contributed by atoms with E-state index in [0.717, 1.165) is 0 Å². The van der Waals surface area contributed by atoms with Crippen molar-refractivity contribution in [2.75, 3.05) is 33.0 Å². The molecule has 0 heterocycles. The normalized spacial score (nSPS) is 6.85. The van der Waals surface area contributed by atoms with Crippen LogP contribution in [0.3, 0.4) is 0 Å². The number of hydrogen-bond donors (Lipinski definition) is 6. The molecule has 0 fully saturated rings. The van der Waals surface area contributed by atoms with E-state index in [2.05, 4.69) is 0 Å². The van der Waals surface area contributed by atoms with Gasteiger partial charge in [0, 0.05) is 0 Å². The molecule has 0 aromatic rings. The number of rotatable bonds is 5. The first kappa shape index (κ1) is 44.3. The van der Waals surface area contributed by atoms with Crippen LogP contribution in [0.4, 0.5) is 0 Å². The van der Waals surface area contributed by atoms with E-state index in [-0.39, 0.29) is 27.9 Å². The van der Waals surface area contributed by atoms with E-state index in [9.17, 15) is 0 Å². The number of carbonyl (C=O) groups excluding carboxylic acids is 5. The number of carboxylic acids is 5. The summed E-state index contributed by atoms with van der Waals surface area (Å²) in [6, 6.07) is 0. The van der Waals surface area contributed by atoms with Crippen molar-refractivity contribution >= 4 is 29.8 Å². The summed E-state index contributed by atoms with van der Waals surface area (Å²) in [5.74, 6) is -7.20. The van der Waals surface area contributed by atoms with Gasteiger partial charge in [0.15, 0.2) is 0 Å². The molecule has 0 saturated heterocycles. The predicted octanol–water partition coefficient (Wildman–Crippen LogP) is -11.0. The van der Waals surface area contributed by atoms with Gasteiger partial charge in [-0.15, -0.1) is 0 Å². The Labute approximate surface area is 166 Å². The average molecular weight is 441 g/mol. The quantitative estimate of drug-likeness (QED) is 0.216. The van der Waals surface area contributed by atoms with E-state index in [1.165, 1.54) is 0 Å². The fourth-order valence-electron chi connectivity index (χ4n) is 0. The zero-order valence-electron chi connectivity index (χ0n) is 13.9. The zero-order chi connectivity index (χ0) is 21.4. The van der Waals surface area contributed by atoms with Crippen molar-refractivity contribution in [1.82, 2.24) is 6.15 Å². The molecular weight excluding hydrogens is 422 g/mol. The average Bonchev–Trinajstić information content (AvgIpc) is 2.56. The minimum Gasteiger partial charge on any atom is -0.548 e. The summed E-state index contributed by atoms with van der Waals surface area (Å²) in [6.45, 7) is -4.44. The SMILES string of the molecule is O=C([O-])CO.O=C([O-])CO.O=C([O-])CO.O=C([O-])CO.O=C([O-])CO.[NH4+].[Ti+4]. The molecule has 16 nitrogen and oxygen atoms in total. The number of aliphatic hydroxyl groups excluding tert-OH is 5. The molecule has 17 heteroatoms. The van der Waals surface area contributed by atoms with Gasteiger partial charge in [-0.05, 0) is 0 Å². The molecule has 0 amide bonds. The van der Waals surface area contributed by atoms with Gasteiger partial charge in [0.2, 0.25) is 0 Å². The second-order valence-electron chi connectivity index (χ2n) is 2.65. The summed E-state index contributed by atoms with van der Waals surface area (Å²) in [7, 11) is 0. The minimum absolute atomic E-state index is 0. The molecule has 0 rings (SSSR count). The van der Waals surface area contributed by atoms with Gasteiger partial charge < -0.3 is 81.2 Å². The molecule has 158 valence electrons. The Morgan fingerprint density at radius 2 is 0.481 bits per heavy atom. The smallest absolute Gasteiger partial charge is 0.548 e. The van der Waals surface area contributed by atoms with Crippen molar-refractivity contribution in [3.05, 3.63) is 0 Å². The van der Waals surface area contributed by atoms with Gasteiger partial charge in [-0.3, -0.25) is 0 Å². The van der Waals surface area contributed by atoms with Gasteiger partial charge in [0.1, 0.15) is 0 Å². The molecule has 0 spiro atoms. The third kappa shape index (κ3) is 185. The van der Waals surface area contributed by atoms with Crippen molar-refractivity contribution in [2.24, 2.45) is 0 Å². The Balaban J connectivity index is -0.0000000364. The molecule has 9 N–H and O–H groups in total. The number of aliphatic hydroxyl groups is 5. The number of aliphatic carboxylic acids is 5. The van der Waals surface area contributed by atoms with Crippen molar-refractivity contribution in [1.29, 1.82) is 0 Å². The van der Waals surface area contributed by atoms with Crippen molar-refractivity contribution < 1.29 is 96.8 Å². The van der Waals surface area contributed by atoms with Crippen LogP contribution in [0.25, 0.3) is 0 Å². The van der Waals surface area contributed by atoms with Crippen LogP contribution in [0.2, 0.25) is 0 Å². The van der Waals surface area contributed by atoms with Crippen LogP contribution < -0.4 is 31.7 Å². The minimum atomic E-state index is -1.44. The molecule has 0 aliphatic rings. The maximum Gasteiger partial charge on any atom is 4.00 e. The van der Waals surface area contributed by atoms with E-state index in [1.807, 2.05) is 0 Å². The summed E-state index contributed by atoms with van der Waals surface area (Å²) in [4.78, 5) is 45.0. The first-order valence-corrected chi connectivity index (χ1v) is 5.39. The molecule has 0 atom stereocenters. The van der Waals surface area contributed by atoms with Gasteiger partial charge in [-0.1, -0.05) is 0 Å². The van der Waals surface area contributed by atoms with Gasteiger partial charge in [-0.25, -0.2) is 0 Å². The Morgan fingerprint density at radius 1 is 0.444 bits per heavy atom. The van der Waals surface area contributed by atoms with Gasteiger partial charge in [0.25, 0.3) is 0 Å². The molecule has 0 unspecified atom stereocenters. The topological polar surface area (TPSA) is 338 Å².